The number of nitrogens with zero attached hydrogens (tertiary/aromatic N) is 1. The van der Waals surface area contributed by atoms with Gasteiger partial charge in [0.25, 0.3) is 0 Å². The molecule has 1 rings (SSSR count). The van der Waals surface area contributed by atoms with Gasteiger partial charge in [-0.1, -0.05) is 11.8 Å². The largest absolute Gasteiger partial charge is 0.223 e. The summed E-state index contributed by atoms with van der Waals surface area (Å²) in [5.41, 5.74) is 0. The molecule has 1 aromatic rings. The minimum Gasteiger partial charge on any atom is -0.223 e. The van der Waals surface area contributed by atoms with Crippen molar-refractivity contribution in [3.8, 4) is 0 Å². The number of aromatic nitrogens is 1. The fourth-order valence-electron chi connectivity index (χ4n) is 0.431. The minimum atomic E-state index is 1.13. The Hall–Kier alpha value is 0.330. The average Bonchev–Trinajstić information content (AvgIpc) is 2.34. The van der Waals surface area contributed by atoms with Crippen LogP contribution in [0.3, 0.4) is 0 Å². The second-order valence-electron chi connectivity index (χ2n) is 1.36. The van der Waals surface area contributed by atoms with Crippen molar-refractivity contribution in [3.05, 3.63) is 5.38 Å². The lowest BCUT2D eigenvalue weighted by Gasteiger charge is -1.82. The van der Waals surface area contributed by atoms with Gasteiger partial charge in [-0.15, -0.1) is 23.1 Å². The van der Waals surface area contributed by atoms with E-state index in [-0.39, 0.29) is 0 Å². The summed E-state index contributed by atoms with van der Waals surface area (Å²) in [5.74, 6) is 0. The normalized spacial score (nSPS) is 10.0. The molecule has 1 aromatic heterocycles. The van der Waals surface area contributed by atoms with Crippen LogP contribution < -0.4 is 0 Å². The van der Waals surface area contributed by atoms with Crippen LogP contribution in [-0.4, -0.2) is 17.5 Å². The van der Waals surface area contributed by atoms with Gasteiger partial charge in [0, 0.05) is 5.38 Å². The number of hydrogen-bond donors (Lipinski definition) is 0. The first-order valence-corrected chi connectivity index (χ1v) is 5.73. The molecule has 1 nitrogen and oxygen atoms in total. The third-order valence-electron chi connectivity index (χ3n) is 0.846. The molecule has 0 fully saturated rings. The fraction of sp³-hybridized carbons (Fsp3) is 0.400. The summed E-state index contributed by atoms with van der Waals surface area (Å²) in [7, 11) is 0. The topological polar surface area (TPSA) is 12.9 Å². The Kier molecular flexibility index (Phi) is 2.88. The van der Waals surface area contributed by atoms with E-state index in [4.69, 9.17) is 0 Å². The summed E-state index contributed by atoms with van der Waals surface area (Å²) < 4.78 is 1.15. The van der Waals surface area contributed by atoms with Crippen LogP contribution in [0.25, 0.3) is 0 Å². The molecule has 9 heavy (non-hydrogen) atoms. The van der Waals surface area contributed by atoms with Crippen molar-refractivity contribution in [1.29, 1.82) is 0 Å². The smallest absolute Gasteiger partial charge is 0.150 e. The lowest BCUT2D eigenvalue weighted by atomic mass is 11.0. The van der Waals surface area contributed by atoms with E-state index < -0.39 is 0 Å². The zero-order valence-corrected chi connectivity index (χ0v) is 7.70. The third-order valence-corrected chi connectivity index (χ3v) is 3.49. The predicted octanol–water partition coefficient (Wildman–Crippen LogP) is 2.59. The van der Waals surface area contributed by atoms with Gasteiger partial charge in [0.2, 0.25) is 0 Å². The van der Waals surface area contributed by atoms with Crippen LogP contribution in [0.15, 0.2) is 14.7 Å². The Morgan fingerprint density at radius 1 is 1.44 bits per heavy atom. The molecule has 0 unspecified atom stereocenters. The molecule has 0 saturated carbocycles. The maximum atomic E-state index is 4.29. The Morgan fingerprint density at radius 3 is 2.56 bits per heavy atom. The maximum Gasteiger partial charge on any atom is 0.150 e. The van der Waals surface area contributed by atoms with Gasteiger partial charge in [-0.05, 0) is 12.5 Å². The van der Waals surface area contributed by atoms with Crippen LogP contribution in [0.2, 0.25) is 0 Å². The van der Waals surface area contributed by atoms with Crippen molar-refractivity contribution >= 4 is 34.9 Å². The van der Waals surface area contributed by atoms with Gasteiger partial charge in [-0.2, -0.15) is 0 Å². The first-order chi connectivity index (χ1) is 4.36. The molecule has 0 spiro atoms. The van der Waals surface area contributed by atoms with E-state index in [1.807, 2.05) is 12.5 Å². The molecule has 0 aromatic carbocycles. The van der Waals surface area contributed by atoms with Crippen LogP contribution in [0, 0.1) is 0 Å². The monoisotopic (exact) mass is 177 g/mol. The van der Waals surface area contributed by atoms with Crippen LogP contribution in [0.1, 0.15) is 0 Å². The first-order valence-electron chi connectivity index (χ1n) is 2.40. The number of rotatable bonds is 2. The van der Waals surface area contributed by atoms with E-state index in [9.17, 15) is 0 Å². The molecule has 0 N–H and O–H groups in total. The number of hydrogen-bond acceptors (Lipinski definition) is 4. The molecule has 0 amide bonds. The van der Waals surface area contributed by atoms with E-state index >= 15 is 0 Å². The third kappa shape index (κ3) is 1.88. The molecule has 0 aliphatic rings. The Morgan fingerprint density at radius 2 is 2.22 bits per heavy atom. The molecule has 0 radical (unpaired) electrons. The molecule has 0 aliphatic heterocycles. The summed E-state index contributed by atoms with van der Waals surface area (Å²) >= 11 is 5.10. The number of thioether (sulfide) groups is 2. The standard InChI is InChI=1S/C5H7NS3/c1-7-4-3-9-5(6-4)8-2/h3H,1-2H3. The second-order valence-corrected chi connectivity index (χ2v) is 4.10. The van der Waals surface area contributed by atoms with Crippen LogP contribution in [0.5, 0.6) is 0 Å². The van der Waals surface area contributed by atoms with E-state index in [0.29, 0.717) is 0 Å². The van der Waals surface area contributed by atoms with Crippen molar-refractivity contribution in [3.63, 3.8) is 0 Å². The minimum absolute atomic E-state index is 1.13. The Labute approximate surface area is 67.3 Å². The van der Waals surface area contributed by atoms with Crippen LogP contribution in [-0.2, 0) is 0 Å². The molecule has 0 atom stereocenters. The van der Waals surface area contributed by atoms with Gasteiger partial charge < -0.3 is 0 Å². The van der Waals surface area contributed by atoms with Crippen molar-refractivity contribution in [1.82, 2.24) is 4.98 Å². The van der Waals surface area contributed by atoms with E-state index in [0.717, 1.165) is 9.37 Å². The lowest BCUT2D eigenvalue weighted by molar-refractivity contribution is 1.11. The zero-order valence-electron chi connectivity index (χ0n) is 5.25. The van der Waals surface area contributed by atoms with Gasteiger partial charge in [0.1, 0.15) is 5.03 Å². The zero-order chi connectivity index (χ0) is 6.69. The highest BCUT2D eigenvalue weighted by Crippen LogP contribution is 2.24. The van der Waals surface area contributed by atoms with Crippen molar-refractivity contribution in [2.75, 3.05) is 12.5 Å². The summed E-state index contributed by atoms with van der Waals surface area (Å²) in [4.78, 5) is 4.29. The van der Waals surface area contributed by atoms with E-state index in [1.54, 1.807) is 34.9 Å². The molecule has 1 heterocycles. The summed E-state index contributed by atoms with van der Waals surface area (Å²) in [6, 6.07) is 0. The molecule has 0 bridgehead atoms. The molecule has 50 valence electrons. The quantitative estimate of drug-likeness (QED) is 0.644. The second kappa shape index (κ2) is 3.49. The van der Waals surface area contributed by atoms with Gasteiger partial charge in [0.05, 0.1) is 0 Å². The van der Waals surface area contributed by atoms with Gasteiger partial charge >= 0.3 is 0 Å². The predicted molar refractivity (Wildman–Crippen MR) is 45.7 cm³/mol. The molecular formula is C5H7NS3. The van der Waals surface area contributed by atoms with Crippen LogP contribution in [0.4, 0.5) is 0 Å². The highest BCUT2D eigenvalue weighted by atomic mass is 32.2. The van der Waals surface area contributed by atoms with Crippen molar-refractivity contribution in [2.45, 2.75) is 9.37 Å². The molecular weight excluding hydrogens is 170 g/mol. The molecule has 0 aliphatic carbocycles. The summed E-state index contributed by atoms with van der Waals surface area (Å²) in [6.07, 6.45) is 4.09. The van der Waals surface area contributed by atoms with Crippen LogP contribution >= 0.6 is 34.9 Å². The Bertz CT molecular complexity index is 166. The highest BCUT2D eigenvalue weighted by Gasteiger charge is 1.96. The molecule has 0 saturated heterocycles. The van der Waals surface area contributed by atoms with Gasteiger partial charge in [-0.25, -0.2) is 4.98 Å². The summed E-state index contributed by atoms with van der Waals surface area (Å²) in [6.45, 7) is 0. The highest BCUT2D eigenvalue weighted by molar-refractivity contribution is 8.00. The Balaban J connectivity index is 2.74. The van der Waals surface area contributed by atoms with Gasteiger partial charge in [0.15, 0.2) is 4.34 Å². The summed E-state index contributed by atoms with van der Waals surface area (Å²) in [5, 5.41) is 3.21. The van der Waals surface area contributed by atoms with Gasteiger partial charge in [-0.3, -0.25) is 0 Å². The van der Waals surface area contributed by atoms with Crippen molar-refractivity contribution < 1.29 is 0 Å². The van der Waals surface area contributed by atoms with E-state index in [2.05, 4.69) is 10.4 Å². The molecule has 4 heteroatoms. The fourth-order valence-corrected chi connectivity index (χ4v) is 2.38. The average molecular weight is 177 g/mol. The SMILES string of the molecule is CSc1csc(SC)n1. The van der Waals surface area contributed by atoms with Crippen molar-refractivity contribution in [2.24, 2.45) is 0 Å². The number of thiazole rings is 1. The first kappa shape index (κ1) is 7.44. The van der Waals surface area contributed by atoms with E-state index in [1.165, 1.54) is 0 Å². The lowest BCUT2D eigenvalue weighted by Crippen LogP contribution is -1.66. The maximum absolute atomic E-state index is 4.29.